The number of thiophene rings is 1. The first-order chi connectivity index (χ1) is 18.2. The molecule has 1 N–H and O–H groups in total. The molecule has 0 spiro atoms. The Balaban J connectivity index is 1.77. The summed E-state index contributed by atoms with van der Waals surface area (Å²) >= 11 is 1.59. The van der Waals surface area contributed by atoms with E-state index < -0.39 is 0 Å². The second-order valence-electron chi connectivity index (χ2n) is 10.3. The van der Waals surface area contributed by atoms with Crippen LogP contribution in [0.4, 0.5) is 10.7 Å². The molecule has 0 saturated carbocycles. The predicted molar refractivity (Wildman–Crippen MR) is 154 cm³/mol. The normalized spacial score (nSPS) is 15.2. The average Bonchev–Trinajstić information content (AvgIpc) is 3.28. The molecule has 4 rings (SSSR count). The van der Waals surface area contributed by atoms with Crippen LogP contribution in [0.5, 0.6) is 23.0 Å². The number of hydrogen-bond acceptors (Lipinski definition) is 7. The highest BCUT2D eigenvalue weighted by Crippen LogP contribution is 2.46. The van der Waals surface area contributed by atoms with E-state index in [2.05, 4.69) is 26.1 Å². The molecule has 1 aliphatic carbocycles. The summed E-state index contributed by atoms with van der Waals surface area (Å²) in [7, 11) is 6.33. The van der Waals surface area contributed by atoms with Crippen molar-refractivity contribution < 1.29 is 23.7 Å². The number of nitrogens with zero attached hydrogens (tertiary/aromatic N) is 1. The lowest BCUT2D eigenvalue weighted by atomic mass is 9.72. The zero-order valence-corrected chi connectivity index (χ0v) is 24.0. The maximum atomic E-state index is 13.7. The van der Waals surface area contributed by atoms with Gasteiger partial charge in [-0.05, 0) is 60.4 Å². The molecule has 0 unspecified atom stereocenters. The van der Waals surface area contributed by atoms with Gasteiger partial charge in [-0.15, -0.1) is 11.3 Å². The molecule has 202 valence electrons. The molecule has 2 aromatic carbocycles. The number of methoxy groups -OCH3 is 4. The van der Waals surface area contributed by atoms with Crippen LogP contribution in [-0.4, -0.2) is 40.6 Å². The monoisotopic (exact) mass is 536 g/mol. The third-order valence-corrected chi connectivity index (χ3v) is 8.27. The number of benzene rings is 2. The van der Waals surface area contributed by atoms with Crippen LogP contribution in [0.25, 0.3) is 0 Å². The quantitative estimate of drug-likeness (QED) is 0.316. The Morgan fingerprint density at radius 2 is 1.68 bits per heavy atom. The van der Waals surface area contributed by atoms with Crippen LogP contribution in [0.3, 0.4) is 0 Å². The Bertz CT molecular complexity index is 1340. The van der Waals surface area contributed by atoms with E-state index >= 15 is 0 Å². The summed E-state index contributed by atoms with van der Waals surface area (Å²) in [4.78, 5) is 19.8. The van der Waals surface area contributed by atoms with Gasteiger partial charge < -0.3 is 24.3 Å². The van der Waals surface area contributed by atoms with Gasteiger partial charge in [0.05, 0.1) is 39.7 Å². The lowest BCUT2D eigenvalue weighted by molar-refractivity contribution is 0.102. The van der Waals surface area contributed by atoms with Crippen molar-refractivity contribution in [1.82, 2.24) is 0 Å². The van der Waals surface area contributed by atoms with Crippen LogP contribution >= 0.6 is 11.3 Å². The molecule has 38 heavy (non-hydrogen) atoms. The third kappa shape index (κ3) is 5.50. The van der Waals surface area contributed by atoms with Crippen molar-refractivity contribution in [1.29, 1.82) is 0 Å². The van der Waals surface area contributed by atoms with Crippen LogP contribution < -0.4 is 24.3 Å². The largest absolute Gasteiger partial charge is 0.495 e. The number of anilines is 1. The first-order valence-corrected chi connectivity index (χ1v) is 13.4. The van der Waals surface area contributed by atoms with E-state index in [4.69, 9.17) is 23.9 Å². The number of carbonyl (C=O) groups is 1. The minimum Gasteiger partial charge on any atom is -0.495 e. The van der Waals surface area contributed by atoms with Crippen molar-refractivity contribution in [3.8, 4) is 23.0 Å². The summed E-state index contributed by atoms with van der Waals surface area (Å²) in [5.74, 6) is 2.54. The van der Waals surface area contributed by atoms with Crippen molar-refractivity contribution in [3.05, 3.63) is 58.0 Å². The number of amides is 1. The van der Waals surface area contributed by atoms with Gasteiger partial charge in [-0.2, -0.15) is 0 Å². The van der Waals surface area contributed by atoms with E-state index in [1.165, 1.54) is 4.88 Å². The fraction of sp³-hybridized carbons (Fsp3) is 0.400. The topological polar surface area (TPSA) is 78.4 Å². The highest BCUT2D eigenvalue weighted by Gasteiger charge is 2.34. The van der Waals surface area contributed by atoms with Crippen LogP contribution in [0.15, 0.2) is 41.4 Å². The lowest BCUT2D eigenvalue weighted by Crippen LogP contribution is -2.27. The molecule has 0 radical (unpaired) electrons. The molecule has 0 fully saturated rings. The molecule has 3 aromatic rings. The minimum atomic E-state index is -0.187. The highest BCUT2D eigenvalue weighted by atomic mass is 32.1. The van der Waals surface area contributed by atoms with Gasteiger partial charge in [0.2, 0.25) is 5.75 Å². The number of para-hydroxylation sites is 2. The number of carbonyl (C=O) groups excluding carboxylic acids is 1. The van der Waals surface area contributed by atoms with Gasteiger partial charge in [-0.25, -0.2) is 4.99 Å². The van der Waals surface area contributed by atoms with Gasteiger partial charge in [0.25, 0.3) is 5.91 Å². The predicted octanol–water partition coefficient (Wildman–Crippen LogP) is 6.94. The van der Waals surface area contributed by atoms with E-state index in [-0.39, 0.29) is 11.3 Å². The summed E-state index contributed by atoms with van der Waals surface area (Å²) in [6, 6.07) is 11.1. The van der Waals surface area contributed by atoms with Crippen molar-refractivity contribution in [2.24, 2.45) is 16.3 Å². The molecular formula is C30H36N2O5S. The number of aliphatic imine (C=N–C) groups is 1. The van der Waals surface area contributed by atoms with Crippen LogP contribution in [0.1, 0.15) is 53.6 Å². The van der Waals surface area contributed by atoms with Crippen molar-refractivity contribution >= 4 is 34.1 Å². The molecule has 1 aromatic heterocycles. The van der Waals surface area contributed by atoms with Gasteiger partial charge >= 0.3 is 0 Å². The fourth-order valence-corrected chi connectivity index (χ4v) is 6.19. The number of nitrogens with one attached hydrogen (secondary N) is 1. The number of hydrogen-bond donors (Lipinski definition) is 1. The van der Waals surface area contributed by atoms with Crippen molar-refractivity contribution in [2.45, 2.75) is 40.0 Å². The third-order valence-electron chi connectivity index (χ3n) is 7.11. The lowest BCUT2D eigenvalue weighted by Gasteiger charge is -2.33. The first kappa shape index (κ1) is 27.5. The van der Waals surface area contributed by atoms with Gasteiger partial charge in [-0.3, -0.25) is 4.79 Å². The number of rotatable bonds is 8. The second-order valence-corrected chi connectivity index (χ2v) is 11.4. The zero-order chi connectivity index (χ0) is 27.4. The standard InChI is InChI=1S/C30H36N2O5S/c1-30(2,3)19-13-14-20-24(16-19)38-29(25(20)28(33)32-21-10-8-9-11-22(21)34-4)31-17-18-12-15-23(35-5)27(37-7)26(18)36-6/h8-12,15,17,19H,13-14,16H2,1-7H3,(H,32,33)/t19-/m0/s1. The molecule has 1 amide bonds. The molecule has 7 nitrogen and oxygen atoms in total. The van der Waals surface area contributed by atoms with E-state index in [0.29, 0.717) is 45.2 Å². The van der Waals surface area contributed by atoms with E-state index in [1.807, 2.05) is 36.4 Å². The van der Waals surface area contributed by atoms with E-state index in [0.717, 1.165) is 30.4 Å². The molecule has 1 heterocycles. The molecular weight excluding hydrogens is 500 g/mol. The van der Waals surface area contributed by atoms with Crippen LogP contribution in [0, 0.1) is 11.3 Å². The SMILES string of the molecule is COc1ccccc1NC(=O)c1c(N=Cc2ccc(OC)c(OC)c2OC)sc2c1CC[C@H](C(C)(C)C)C2. The molecule has 0 saturated heterocycles. The smallest absolute Gasteiger partial charge is 0.259 e. The second kappa shape index (κ2) is 11.5. The van der Waals surface area contributed by atoms with Crippen LogP contribution in [0.2, 0.25) is 0 Å². The molecule has 8 heteroatoms. The van der Waals surface area contributed by atoms with Gasteiger partial charge in [0, 0.05) is 16.7 Å². The maximum absolute atomic E-state index is 13.7. The Kier molecular flexibility index (Phi) is 8.31. The average molecular weight is 537 g/mol. The van der Waals surface area contributed by atoms with Gasteiger partial charge in [0.1, 0.15) is 10.8 Å². The van der Waals surface area contributed by atoms with E-state index in [9.17, 15) is 4.79 Å². The first-order valence-electron chi connectivity index (χ1n) is 12.6. The highest BCUT2D eigenvalue weighted by molar-refractivity contribution is 7.16. The Morgan fingerprint density at radius 1 is 0.974 bits per heavy atom. The Morgan fingerprint density at radius 3 is 2.34 bits per heavy atom. The maximum Gasteiger partial charge on any atom is 0.259 e. The molecule has 0 aliphatic heterocycles. The van der Waals surface area contributed by atoms with Crippen molar-refractivity contribution in [2.75, 3.05) is 33.8 Å². The Labute approximate surface area is 228 Å². The molecule has 1 atom stereocenters. The van der Waals surface area contributed by atoms with Crippen LogP contribution in [-0.2, 0) is 12.8 Å². The van der Waals surface area contributed by atoms with E-state index in [1.54, 1.807) is 46.0 Å². The van der Waals surface area contributed by atoms with Crippen molar-refractivity contribution in [3.63, 3.8) is 0 Å². The summed E-state index contributed by atoms with van der Waals surface area (Å²) in [6.45, 7) is 6.86. The summed E-state index contributed by atoms with van der Waals surface area (Å²) in [6.07, 6.45) is 4.54. The summed E-state index contributed by atoms with van der Waals surface area (Å²) in [5, 5.41) is 3.73. The Hall–Kier alpha value is -3.52. The number of ether oxygens (including phenoxy) is 4. The summed E-state index contributed by atoms with van der Waals surface area (Å²) in [5.41, 5.74) is 3.26. The van der Waals surface area contributed by atoms with Gasteiger partial charge in [-0.1, -0.05) is 32.9 Å². The zero-order valence-electron chi connectivity index (χ0n) is 23.1. The minimum absolute atomic E-state index is 0.187. The molecule has 1 aliphatic rings. The summed E-state index contributed by atoms with van der Waals surface area (Å²) < 4.78 is 22.0. The molecule has 0 bridgehead atoms. The number of fused-ring (bicyclic) bond motifs is 1. The van der Waals surface area contributed by atoms with Gasteiger partial charge in [0.15, 0.2) is 11.5 Å². The fourth-order valence-electron chi connectivity index (χ4n) is 4.92.